The molecular formula is C20H17Cl2N5. The van der Waals surface area contributed by atoms with Gasteiger partial charge in [0.25, 0.3) is 0 Å². The van der Waals surface area contributed by atoms with Gasteiger partial charge in [0.15, 0.2) is 0 Å². The van der Waals surface area contributed by atoms with Crippen LogP contribution < -0.4 is 10.6 Å². The van der Waals surface area contributed by atoms with Crippen LogP contribution in [0.15, 0.2) is 60.9 Å². The van der Waals surface area contributed by atoms with Crippen LogP contribution in [0.25, 0.3) is 10.9 Å². The predicted molar refractivity (Wildman–Crippen MR) is 112 cm³/mol. The van der Waals surface area contributed by atoms with Crippen molar-refractivity contribution >= 4 is 51.6 Å². The van der Waals surface area contributed by atoms with Crippen molar-refractivity contribution in [3.05, 3.63) is 76.5 Å². The highest BCUT2D eigenvalue weighted by molar-refractivity contribution is 6.42. The third-order valence-electron chi connectivity index (χ3n) is 4.21. The number of benzene rings is 2. The summed E-state index contributed by atoms with van der Waals surface area (Å²) in [5.74, 6) is 1.25. The summed E-state index contributed by atoms with van der Waals surface area (Å²) in [7, 11) is 0. The van der Waals surface area contributed by atoms with Gasteiger partial charge in [-0.25, -0.2) is 4.98 Å². The summed E-state index contributed by atoms with van der Waals surface area (Å²) in [5, 5.41) is 8.72. The van der Waals surface area contributed by atoms with Crippen molar-refractivity contribution in [3.8, 4) is 0 Å². The van der Waals surface area contributed by atoms with Crippen LogP contribution in [0.5, 0.6) is 0 Å². The highest BCUT2D eigenvalue weighted by atomic mass is 35.5. The fourth-order valence-corrected chi connectivity index (χ4v) is 3.18. The Bertz CT molecular complexity index is 1080. The Kier molecular flexibility index (Phi) is 5.14. The van der Waals surface area contributed by atoms with Crippen molar-refractivity contribution in [2.75, 3.05) is 17.2 Å². The molecule has 0 aliphatic rings. The van der Waals surface area contributed by atoms with Crippen molar-refractivity contribution in [2.24, 2.45) is 0 Å². The number of nitrogens with one attached hydrogen (secondary N) is 3. The zero-order valence-electron chi connectivity index (χ0n) is 14.3. The number of halogens is 2. The zero-order chi connectivity index (χ0) is 18.6. The molecule has 4 rings (SSSR count). The minimum atomic E-state index is 0.481. The van der Waals surface area contributed by atoms with Gasteiger partial charge >= 0.3 is 0 Å². The van der Waals surface area contributed by atoms with Gasteiger partial charge in [-0.1, -0.05) is 41.4 Å². The lowest BCUT2D eigenvalue weighted by atomic mass is 10.1. The Labute approximate surface area is 166 Å². The van der Waals surface area contributed by atoms with Crippen LogP contribution in [0.4, 0.5) is 17.5 Å². The molecule has 0 aliphatic heterocycles. The quantitative estimate of drug-likeness (QED) is 0.392. The molecule has 0 amide bonds. The van der Waals surface area contributed by atoms with Crippen LogP contribution in [-0.2, 0) is 6.42 Å². The predicted octanol–water partition coefficient (Wildman–Crippen LogP) is 5.66. The van der Waals surface area contributed by atoms with E-state index in [0.29, 0.717) is 16.0 Å². The first kappa shape index (κ1) is 17.6. The number of hydrogen-bond acceptors (Lipinski definition) is 4. The molecule has 5 nitrogen and oxygen atoms in total. The number of anilines is 3. The Morgan fingerprint density at radius 1 is 1.00 bits per heavy atom. The van der Waals surface area contributed by atoms with E-state index in [1.54, 1.807) is 18.3 Å². The van der Waals surface area contributed by atoms with E-state index in [9.17, 15) is 0 Å². The van der Waals surface area contributed by atoms with Crippen LogP contribution in [-0.4, -0.2) is 21.5 Å². The van der Waals surface area contributed by atoms with Gasteiger partial charge in [-0.3, -0.25) is 0 Å². The molecule has 0 fully saturated rings. The van der Waals surface area contributed by atoms with E-state index in [2.05, 4.69) is 50.0 Å². The van der Waals surface area contributed by atoms with Gasteiger partial charge in [0.05, 0.1) is 10.0 Å². The van der Waals surface area contributed by atoms with E-state index in [1.165, 1.54) is 10.9 Å². The molecule has 2 aromatic heterocycles. The minimum Gasteiger partial charge on any atom is -0.370 e. The average molecular weight is 398 g/mol. The molecule has 27 heavy (non-hydrogen) atoms. The van der Waals surface area contributed by atoms with Crippen LogP contribution in [0.2, 0.25) is 10.0 Å². The first-order valence-electron chi connectivity index (χ1n) is 8.53. The van der Waals surface area contributed by atoms with E-state index in [0.717, 1.165) is 30.0 Å². The normalized spacial score (nSPS) is 10.9. The third kappa shape index (κ3) is 4.15. The molecule has 0 saturated heterocycles. The van der Waals surface area contributed by atoms with Crippen molar-refractivity contribution in [2.45, 2.75) is 6.42 Å². The molecule has 136 valence electrons. The maximum Gasteiger partial charge on any atom is 0.229 e. The van der Waals surface area contributed by atoms with Gasteiger partial charge in [-0.15, -0.1) is 0 Å². The maximum atomic E-state index is 6.04. The number of nitrogens with zero attached hydrogens (tertiary/aromatic N) is 2. The minimum absolute atomic E-state index is 0.481. The summed E-state index contributed by atoms with van der Waals surface area (Å²) in [6.07, 6.45) is 4.66. The Balaban J connectivity index is 1.39. The average Bonchev–Trinajstić information content (AvgIpc) is 3.09. The van der Waals surface area contributed by atoms with E-state index < -0.39 is 0 Å². The molecule has 4 aromatic rings. The fraction of sp³-hybridized carbons (Fsp3) is 0.100. The topological polar surface area (TPSA) is 65.6 Å². The first-order valence-corrected chi connectivity index (χ1v) is 9.28. The molecule has 0 spiro atoms. The lowest BCUT2D eigenvalue weighted by Crippen LogP contribution is -2.07. The lowest BCUT2D eigenvalue weighted by molar-refractivity contribution is 1.01. The molecule has 0 radical (unpaired) electrons. The van der Waals surface area contributed by atoms with E-state index >= 15 is 0 Å². The van der Waals surface area contributed by atoms with E-state index in [1.807, 2.05) is 18.2 Å². The standard InChI is InChI=1S/C20H17Cl2N5/c21-16-6-5-14(11-17(16)22)26-20-24-10-8-19(27-20)23-9-7-13-12-25-18-4-2-1-3-15(13)18/h1-6,8,10-12,25H,7,9H2,(H2,23,24,26,27). The fourth-order valence-electron chi connectivity index (χ4n) is 2.88. The molecule has 2 heterocycles. The second-order valence-electron chi connectivity index (χ2n) is 6.06. The molecular weight excluding hydrogens is 381 g/mol. The molecule has 0 saturated carbocycles. The number of hydrogen-bond donors (Lipinski definition) is 3. The summed E-state index contributed by atoms with van der Waals surface area (Å²) in [6, 6.07) is 15.4. The molecule has 0 unspecified atom stereocenters. The van der Waals surface area contributed by atoms with Gasteiger partial charge in [-0.05, 0) is 42.3 Å². The third-order valence-corrected chi connectivity index (χ3v) is 4.95. The second-order valence-corrected chi connectivity index (χ2v) is 6.87. The van der Waals surface area contributed by atoms with Crippen molar-refractivity contribution in [1.29, 1.82) is 0 Å². The number of para-hydroxylation sites is 1. The van der Waals surface area contributed by atoms with Gasteiger partial charge in [0.2, 0.25) is 5.95 Å². The molecule has 3 N–H and O–H groups in total. The summed E-state index contributed by atoms with van der Waals surface area (Å²) in [4.78, 5) is 12.0. The number of aromatic amines is 1. The largest absolute Gasteiger partial charge is 0.370 e. The van der Waals surface area contributed by atoms with Crippen LogP contribution in [0.3, 0.4) is 0 Å². The maximum absolute atomic E-state index is 6.04. The second kappa shape index (κ2) is 7.86. The zero-order valence-corrected chi connectivity index (χ0v) is 15.8. The van der Waals surface area contributed by atoms with E-state index in [4.69, 9.17) is 23.2 Å². The summed E-state index contributed by atoms with van der Waals surface area (Å²) in [5.41, 5.74) is 3.21. The molecule has 0 atom stereocenters. The highest BCUT2D eigenvalue weighted by Crippen LogP contribution is 2.26. The van der Waals surface area contributed by atoms with Crippen molar-refractivity contribution in [3.63, 3.8) is 0 Å². The highest BCUT2D eigenvalue weighted by Gasteiger charge is 2.05. The van der Waals surface area contributed by atoms with Gasteiger partial charge in [0, 0.05) is 35.5 Å². The van der Waals surface area contributed by atoms with Crippen molar-refractivity contribution in [1.82, 2.24) is 15.0 Å². The summed E-state index contributed by atoms with van der Waals surface area (Å²) in [6.45, 7) is 0.769. The number of H-pyrrole nitrogens is 1. The van der Waals surface area contributed by atoms with Gasteiger partial charge < -0.3 is 15.6 Å². The Hall–Kier alpha value is -2.76. The Morgan fingerprint density at radius 3 is 2.78 bits per heavy atom. The molecule has 0 bridgehead atoms. The molecule has 0 aliphatic carbocycles. The first-order chi connectivity index (χ1) is 13.2. The van der Waals surface area contributed by atoms with Crippen molar-refractivity contribution < 1.29 is 0 Å². The SMILES string of the molecule is Clc1ccc(Nc2nccc(NCCc3c[nH]c4ccccc34)n2)cc1Cl. The summed E-state index contributed by atoms with van der Waals surface area (Å²) >= 11 is 12.0. The van der Waals surface area contributed by atoms with E-state index in [-0.39, 0.29) is 0 Å². The van der Waals surface area contributed by atoms with Crippen LogP contribution in [0, 0.1) is 0 Å². The van der Waals surface area contributed by atoms with Gasteiger partial charge in [-0.2, -0.15) is 4.98 Å². The van der Waals surface area contributed by atoms with Crippen LogP contribution >= 0.6 is 23.2 Å². The van der Waals surface area contributed by atoms with Gasteiger partial charge in [0.1, 0.15) is 5.82 Å². The number of rotatable bonds is 6. The monoisotopic (exact) mass is 397 g/mol. The smallest absolute Gasteiger partial charge is 0.229 e. The summed E-state index contributed by atoms with van der Waals surface area (Å²) < 4.78 is 0. The van der Waals surface area contributed by atoms with Crippen LogP contribution in [0.1, 0.15) is 5.56 Å². The Morgan fingerprint density at radius 2 is 1.89 bits per heavy atom. The number of aromatic nitrogens is 3. The lowest BCUT2D eigenvalue weighted by Gasteiger charge is -2.09. The molecule has 7 heteroatoms. The number of fused-ring (bicyclic) bond motifs is 1. The molecule has 2 aromatic carbocycles.